The summed E-state index contributed by atoms with van der Waals surface area (Å²) in [5, 5.41) is 9.50. The van der Waals surface area contributed by atoms with Gasteiger partial charge in [-0.3, -0.25) is 0 Å². The SMILES string of the molecule is CC(C)(C#N)c1nc2c(OC(F)(F)F)cccc2s1. The molecule has 7 heteroatoms. The Labute approximate surface area is 111 Å². The topological polar surface area (TPSA) is 45.9 Å². The van der Waals surface area contributed by atoms with Gasteiger partial charge in [0, 0.05) is 0 Å². The van der Waals surface area contributed by atoms with Crippen molar-refractivity contribution in [1.29, 1.82) is 5.26 Å². The number of para-hydroxylation sites is 1. The van der Waals surface area contributed by atoms with E-state index in [4.69, 9.17) is 5.26 Å². The minimum absolute atomic E-state index is 0.128. The summed E-state index contributed by atoms with van der Waals surface area (Å²) in [4.78, 5) is 4.11. The van der Waals surface area contributed by atoms with Crippen molar-refractivity contribution in [2.24, 2.45) is 0 Å². The van der Waals surface area contributed by atoms with E-state index in [2.05, 4.69) is 15.8 Å². The van der Waals surface area contributed by atoms with E-state index in [1.807, 2.05) is 0 Å². The number of ether oxygens (including phenoxy) is 1. The van der Waals surface area contributed by atoms with Crippen molar-refractivity contribution in [2.45, 2.75) is 25.6 Å². The molecule has 0 saturated carbocycles. The lowest BCUT2D eigenvalue weighted by atomic mass is 9.97. The highest BCUT2D eigenvalue weighted by molar-refractivity contribution is 7.18. The van der Waals surface area contributed by atoms with Gasteiger partial charge < -0.3 is 4.74 Å². The van der Waals surface area contributed by atoms with E-state index in [1.165, 1.54) is 23.5 Å². The molecule has 1 heterocycles. The predicted octanol–water partition coefficient (Wildman–Crippen LogP) is 4.00. The maximum atomic E-state index is 12.3. The van der Waals surface area contributed by atoms with Gasteiger partial charge in [0.25, 0.3) is 0 Å². The van der Waals surface area contributed by atoms with Crippen LogP contribution >= 0.6 is 11.3 Å². The molecule has 0 unspecified atom stereocenters. The van der Waals surface area contributed by atoms with Crippen LogP contribution in [-0.2, 0) is 5.41 Å². The maximum absolute atomic E-state index is 12.3. The largest absolute Gasteiger partial charge is 0.573 e. The number of halogens is 3. The lowest BCUT2D eigenvalue weighted by Gasteiger charge is -2.10. The lowest BCUT2D eigenvalue weighted by Crippen LogP contribution is -2.17. The van der Waals surface area contributed by atoms with Crippen LogP contribution in [-0.4, -0.2) is 11.3 Å². The molecule has 3 nitrogen and oxygen atoms in total. The highest BCUT2D eigenvalue weighted by Gasteiger charge is 2.33. The van der Waals surface area contributed by atoms with E-state index >= 15 is 0 Å². The van der Waals surface area contributed by atoms with Gasteiger partial charge in [-0.15, -0.1) is 24.5 Å². The molecular formula is C12H9F3N2OS. The van der Waals surface area contributed by atoms with Crippen LogP contribution in [0.25, 0.3) is 10.2 Å². The van der Waals surface area contributed by atoms with Crippen LogP contribution in [0.2, 0.25) is 0 Å². The van der Waals surface area contributed by atoms with Crippen LogP contribution in [0.15, 0.2) is 18.2 Å². The number of hydrogen-bond donors (Lipinski definition) is 0. The van der Waals surface area contributed by atoms with Crippen molar-refractivity contribution < 1.29 is 17.9 Å². The van der Waals surface area contributed by atoms with Gasteiger partial charge in [0.15, 0.2) is 5.75 Å². The average molecular weight is 286 g/mol. The Kier molecular flexibility index (Phi) is 3.14. The first-order valence-electron chi connectivity index (χ1n) is 5.30. The van der Waals surface area contributed by atoms with Gasteiger partial charge >= 0.3 is 6.36 Å². The Morgan fingerprint density at radius 3 is 2.58 bits per heavy atom. The predicted molar refractivity (Wildman–Crippen MR) is 64.9 cm³/mol. The fraction of sp³-hybridized carbons (Fsp3) is 0.333. The van der Waals surface area contributed by atoms with E-state index in [0.717, 1.165) is 0 Å². The molecule has 0 bridgehead atoms. The number of thiazole rings is 1. The molecule has 0 aliphatic heterocycles. The first-order valence-corrected chi connectivity index (χ1v) is 6.11. The van der Waals surface area contributed by atoms with Crippen molar-refractivity contribution in [3.8, 4) is 11.8 Å². The molecule has 0 spiro atoms. The molecule has 0 atom stereocenters. The highest BCUT2D eigenvalue weighted by atomic mass is 32.1. The number of benzene rings is 1. The van der Waals surface area contributed by atoms with Crippen molar-refractivity contribution in [3.63, 3.8) is 0 Å². The first kappa shape index (κ1) is 13.6. The number of nitriles is 1. The molecule has 2 rings (SSSR count). The molecule has 0 saturated heterocycles. The van der Waals surface area contributed by atoms with Gasteiger partial charge in [-0.05, 0) is 26.0 Å². The number of fused-ring (bicyclic) bond motifs is 1. The maximum Gasteiger partial charge on any atom is 0.573 e. The summed E-state index contributed by atoms with van der Waals surface area (Å²) in [6.45, 7) is 3.32. The van der Waals surface area contributed by atoms with Crippen LogP contribution in [0.3, 0.4) is 0 Å². The quantitative estimate of drug-likeness (QED) is 0.838. The molecule has 0 fully saturated rings. The Morgan fingerprint density at radius 1 is 1.32 bits per heavy atom. The van der Waals surface area contributed by atoms with E-state index < -0.39 is 11.8 Å². The third kappa shape index (κ3) is 2.79. The van der Waals surface area contributed by atoms with Gasteiger partial charge in [0.05, 0.1) is 10.8 Å². The number of nitrogens with zero attached hydrogens (tertiary/aromatic N) is 2. The second-order valence-corrected chi connectivity index (χ2v) is 5.44. The average Bonchev–Trinajstić information content (AvgIpc) is 2.72. The minimum Gasteiger partial charge on any atom is -0.403 e. The monoisotopic (exact) mass is 286 g/mol. The normalized spacial score (nSPS) is 12.4. The number of hydrogen-bond acceptors (Lipinski definition) is 4. The van der Waals surface area contributed by atoms with E-state index in [0.29, 0.717) is 9.71 Å². The summed E-state index contributed by atoms with van der Waals surface area (Å²) in [6.07, 6.45) is -4.76. The molecule has 2 aromatic rings. The number of aromatic nitrogens is 1. The molecule has 0 amide bonds. The van der Waals surface area contributed by atoms with Crippen LogP contribution in [0.1, 0.15) is 18.9 Å². The number of rotatable bonds is 2. The molecular weight excluding hydrogens is 277 g/mol. The van der Waals surface area contributed by atoms with Gasteiger partial charge in [-0.25, -0.2) is 4.98 Å². The summed E-state index contributed by atoms with van der Waals surface area (Å²) in [5.74, 6) is -0.346. The smallest absolute Gasteiger partial charge is 0.403 e. The van der Waals surface area contributed by atoms with Crippen LogP contribution < -0.4 is 4.74 Å². The lowest BCUT2D eigenvalue weighted by molar-refractivity contribution is -0.274. The van der Waals surface area contributed by atoms with E-state index in [9.17, 15) is 13.2 Å². The molecule has 0 N–H and O–H groups in total. The van der Waals surface area contributed by atoms with Crippen LogP contribution in [0, 0.1) is 11.3 Å². The molecule has 0 aliphatic rings. The van der Waals surface area contributed by atoms with Gasteiger partial charge in [-0.1, -0.05) is 6.07 Å². The minimum atomic E-state index is -4.76. The van der Waals surface area contributed by atoms with Gasteiger partial charge in [0.2, 0.25) is 0 Å². The fourth-order valence-corrected chi connectivity index (χ4v) is 2.48. The second-order valence-electron chi connectivity index (χ2n) is 4.41. The Balaban J connectivity index is 2.55. The molecule has 100 valence electrons. The second kappa shape index (κ2) is 4.38. The molecule has 19 heavy (non-hydrogen) atoms. The van der Waals surface area contributed by atoms with Crippen molar-refractivity contribution in [1.82, 2.24) is 4.98 Å². The van der Waals surface area contributed by atoms with Crippen molar-refractivity contribution in [3.05, 3.63) is 23.2 Å². The van der Waals surface area contributed by atoms with Crippen LogP contribution in [0.5, 0.6) is 5.75 Å². The Bertz CT molecular complexity index is 655. The Hall–Kier alpha value is -1.81. The third-order valence-electron chi connectivity index (χ3n) is 2.42. The fourth-order valence-electron chi connectivity index (χ4n) is 1.45. The summed E-state index contributed by atoms with van der Waals surface area (Å²) < 4.78 is 41.3. The zero-order valence-corrected chi connectivity index (χ0v) is 10.9. The molecule has 1 aromatic heterocycles. The zero-order chi connectivity index (χ0) is 14.3. The van der Waals surface area contributed by atoms with Crippen molar-refractivity contribution in [2.75, 3.05) is 0 Å². The standard InChI is InChI=1S/C12H9F3N2OS/c1-11(2,6-16)10-17-9-7(18-12(13,14)15)4-3-5-8(9)19-10/h3-5H,1-2H3. The summed E-state index contributed by atoms with van der Waals surface area (Å²) in [6, 6.07) is 6.39. The van der Waals surface area contributed by atoms with E-state index in [1.54, 1.807) is 19.9 Å². The molecule has 1 aromatic carbocycles. The van der Waals surface area contributed by atoms with Crippen LogP contribution in [0.4, 0.5) is 13.2 Å². The summed E-state index contributed by atoms with van der Waals surface area (Å²) in [7, 11) is 0. The summed E-state index contributed by atoms with van der Waals surface area (Å²) >= 11 is 1.19. The van der Waals surface area contributed by atoms with E-state index in [-0.39, 0.29) is 11.3 Å². The third-order valence-corrected chi connectivity index (χ3v) is 3.77. The van der Waals surface area contributed by atoms with Gasteiger partial charge in [0.1, 0.15) is 15.9 Å². The Morgan fingerprint density at radius 2 is 2.00 bits per heavy atom. The van der Waals surface area contributed by atoms with Gasteiger partial charge in [-0.2, -0.15) is 5.26 Å². The highest BCUT2D eigenvalue weighted by Crippen LogP contribution is 2.36. The molecule has 0 radical (unpaired) electrons. The molecule has 0 aliphatic carbocycles. The first-order chi connectivity index (χ1) is 8.73. The number of alkyl halides is 3. The zero-order valence-electron chi connectivity index (χ0n) is 10.1. The van der Waals surface area contributed by atoms with Crippen molar-refractivity contribution >= 4 is 21.6 Å². The summed E-state index contributed by atoms with van der Waals surface area (Å²) in [5.41, 5.74) is -0.720.